The number of hydrogen-bond acceptors (Lipinski definition) is 4. The summed E-state index contributed by atoms with van der Waals surface area (Å²) in [5.74, 6) is 0.209. The van der Waals surface area contributed by atoms with E-state index in [0.29, 0.717) is 5.95 Å². The number of fused-ring (bicyclic) bond motifs is 1. The molecule has 5 rings (SSSR count). The summed E-state index contributed by atoms with van der Waals surface area (Å²) in [6, 6.07) is 26.4. The number of pyridine rings is 1. The first-order valence-corrected chi connectivity index (χ1v) is 10.4. The van der Waals surface area contributed by atoms with Gasteiger partial charge in [0.2, 0.25) is 5.95 Å². The molecule has 0 aliphatic carbocycles. The molecule has 0 bridgehead atoms. The molecule has 4 nitrogen and oxygen atoms in total. The zero-order valence-electron chi connectivity index (χ0n) is 17.5. The highest BCUT2D eigenvalue weighted by Crippen LogP contribution is 2.28. The molecule has 32 heavy (non-hydrogen) atoms. The van der Waals surface area contributed by atoms with Crippen molar-refractivity contribution in [3.63, 3.8) is 0 Å². The van der Waals surface area contributed by atoms with Crippen LogP contribution in [0.15, 0.2) is 97.3 Å². The van der Waals surface area contributed by atoms with Gasteiger partial charge < -0.3 is 5.32 Å². The number of aromatic nitrogens is 3. The van der Waals surface area contributed by atoms with Crippen molar-refractivity contribution in [3.05, 3.63) is 120 Å². The van der Waals surface area contributed by atoms with Crippen LogP contribution in [0.25, 0.3) is 22.0 Å². The topological polar surface area (TPSA) is 50.7 Å². The summed E-state index contributed by atoms with van der Waals surface area (Å²) in [4.78, 5) is 13.6. The molecule has 0 aliphatic heterocycles. The molecular formula is C27H21FN4. The molecule has 1 unspecified atom stereocenters. The number of nitrogens with one attached hydrogen (secondary N) is 1. The predicted molar refractivity (Wildman–Crippen MR) is 126 cm³/mol. The Balaban J connectivity index is 1.53. The van der Waals surface area contributed by atoms with Crippen LogP contribution < -0.4 is 5.32 Å². The van der Waals surface area contributed by atoms with Crippen molar-refractivity contribution in [2.45, 2.75) is 13.0 Å². The van der Waals surface area contributed by atoms with Crippen LogP contribution in [0.2, 0.25) is 0 Å². The van der Waals surface area contributed by atoms with Gasteiger partial charge in [-0.3, -0.25) is 4.98 Å². The fourth-order valence-corrected chi connectivity index (χ4v) is 3.82. The van der Waals surface area contributed by atoms with E-state index in [9.17, 15) is 4.39 Å². The lowest BCUT2D eigenvalue weighted by Crippen LogP contribution is -2.14. The van der Waals surface area contributed by atoms with Gasteiger partial charge in [0.1, 0.15) is 5.82 Å². The number of anilines is 1. The maximum absolute atomic E-state index is 14.0. The first-order valence-electron chi connectivity index (χ1n) is 10.4. The molecule has 3 aromatic carbocycles. The van der Waals surface area contributed by atoms with Crippen molar-refractivity contribution < 1.29 is 4.39 Å². The van der Waals surface area contributed by atoms with Gasteiger partial charge in [-0.1, -0.05) is 54.6 Å². The quantitative estimate of drug-likeness (QED) is 0.360. The summed E-state index contributed by atoms with van der Waals surface area (Å²) < 4.78 is 14.0. The Hall–Kier alpha value is -4.12. The summed E-state index contributed by atoms with van der Waals surface area (Å²) in [6.07, 6.45) is 3.62. The number of rotatable bonds is 5. The monoisotopic (exact) mass is 420 g/mol. The predicted octanol–water partition coefficient (Wildman–Crippen LogP) is 6.34. The van der Waals surface area contributed by atoms with E-state index < -0.39 is 0 Å². The molecule has 0 saturated carbocycles. The van der Waals surface area contributed by atoms with Crippen molar-refractivity contribution in [2.75, 3.05) is 5.32 Å². The number of aryl methyl sites for hydroxylation is 1. The molecule has 2 aromatic heterocycles. The number of nitrogens with zero attached hydrogens (tertiary/aromatic N) is 3. The third kappa shape index (κ3) is 4.18. The molecule has 0 spiro atoms. The van der Waals surface area contributed by atoms with Crippen LogP contribution in [0.1, 0.15) is 22.9 Å². The van der Waals surface area contributed by atoms with Crippen molar-refractivity contribution in [1.82, 2.24) is 15.0 Å². The summed E-state index contributed by atoms with van der Waals surface area (Å²) in [5, 5.41) is 4.35. The van der Waals surface area contributed by atoms with E-state index in [-0.39, 0.29) is 11.9 Å². The molecular weight excluding hydrogens is 399 g/mol. The second kappa shape index (κ2) is 8.55. The fraction of sp³-hybridized carbons (Fsp3) is 0.0741. The third-order valence-electron chi connectivity index (χ3n) is 5.40. The first-order chi connectivity index (χ1) is 15.7. The Labute approximate surface area is 185 Å². The van der Waals surface area contributed by atoms with E-state index in [2.05, 4.69) is 33.5 Å². The van der Waals surface area contributed by atoms with Crippen LogP contribution in [-0.4, -0.2) is 15.0 Å². The molecule has 0 fully saturated rings. The lowest BCUT2D eigenvalue weighted by atomic mass is 9.99. The molecule has 1 atom stereocenters. The third-order valence-corrected chi connectivity index (χ3v) is 5.40. The maximum Gasteiger partial charge on any atom is 0.223 e. The molecule has 0 amide bonds. The van der Waals surface area contributed by atoms with Crippen LogP contribution in [0, 0.1) is 12.7 Å². The molecule has 5 aromatic rings. The molecule has 1 N–H and O–H groups in total. The van der Waals surface area contributed by atoms with Crippen LogP contribution in [0.3, 0.4) is 0 Å². The van der Waals surface area contributed by atoms with E-state index in [0.717, 1.165) is 38.9 Å². The number of benzene rings is 3. The van der Waals surface area contributed by atoms with Gasteiger partial charge in [0.15, 0.2) is 0 Å². The Morgan fingerprint density at radius 2 is 1.59 bits per heavy atom. The summed E-state index contributed by atoms with van der Waals surface area (Å²) >= 11 is 0. The summed E-state index contributed by atoms with van der Waals surface area (Å²) in [7, 11) is 0. The Kier molecular flexibility index (Phi) is 5.30. The van der Waals surface area contributed by atoms with E-state index in [1.807, 2.05) is 61.7 Å². The van der Waals surface area contributed by atoms with E-state index in [4.69, 9.17) is 4.98 Å². The standard InChI is InChI=1S/C27H21FN4/c1-18-14-21(12-13-29-18)20-10-11-23-17-30-27(31-25(23)16-20)32-26(19-6-3-2-4-7-19)22-8-5-9-24(28)15-22/h2-17,26H,1H3,(H,30,31,32). The van der Waals surface area contributed by atoms with Crippen molar-refractivity contribution in [3.8, 4) is 11.1 Å². The van der Waals surface area contributed by atoms with E-state index >= 15 is 0 Å². The highest BCUT2D eigenvalue weighted by molar-refractivity contribution is 5.84. The van der Waals surface area contributed by atoms with Gasteiger partial charge >= 0.3 is 0 Å². The van der Waals surface area contributed by atoms with Crippen molar-refractivity contribution in [2.24, 2.45) is 0 Å². The van der Waals surface area contributed by atoms with Gasteiger partial charge in [-0.05, 0) is 59.5 Å². The maximum atomic E-state index is 14.0. The van der Waals surface area contributed by atoms with Gasteiger partial charge in [0.25, 0.3) is 0 Å². The van der Waals surface area contributed by atoms with Gasteiger partial charge in [-0.15, -0.1) is 0 Å². The number of hydrogen-bond donors (Lipinski definition) is 1. The molecule has 0 saturated heterocycles. The van der Waals surface area contributed by atoms with Crippen molar-refractivity contribution in [1.29, 1.82) is 0 Å². The van der Waals surface area contributed by atoms with Crippen LogP contribution in [-0.2, 0) is 0 Å². The molecule has 0 radical (unpaired) electrons. The van der Waals surface area contributed by atoms with Crippen LogP contribution in [0.5, 0.6) is 0 Å². The molecule has 156 valence electrons. The number of halogens is 1. The minimum Gasteiger partial charge on any atom is -0.343 e. The van der Waals surface area contributed by atoms with Gasteiger partial charge in [-0.2, -0.15) is 0 Å². The van der Waals surface area contributed by atoms with Gasteiger partial charge in [0, 0.05) is 23.5 Å². The van der Waals surface area contributed by atoms with Gasteiger partial charge in [-0.25, -0.2) is 14.4 Å². The highest BCUT2D eigenvalue weighted by Gasteiger charge is 2.16. The summed E-state index contributed by atoms with van der Waals surface area (Å²) in [6.45, 7) is 1.98. The summed E-state index contributed by atoms with van der Waals surface area (Å²) in [5.41, 5.74) is 5.77. The largest absolute Gasteiger partial charge is 0.343 e. The van der Waals surface area contributed by atoms with Gasteiger partial charge in [0.05, 0.1) is 11.6 Å². The Morgan fingerprint density at radius 3 is 2.41 bits per heavy atom. The normalized spacial score (nSPS) is 11.9. The SMILES string of the molecule is Cc1cc(-c2ccc3cnc(NC(c4ccccc4)c4cccc(F)c4)nc3c2)ccn1. The molecule has 2 heterocycles. The zero-order chi connectivity index (χ0) is 21.9. The van der Waals surface area contributed by atoms with Crippen LogP contribution in [0.4, 0.5) is 10.3 Å². The smallest absolute Gasteiger partial charge is 0.223 e. The second-order valence-electron chi connectivity index (χ2n) is 7.70. The molecule has 0 aliphatic rings. The Morgan fingerprint density at radius 1 is 0.781 bits per heavy atom. The lowest BCUT2D eigenvalue weighted by Gasteiger charge is -2.20. The van der Waals surface area contributed by atoms with E-state index in [1.54, 1.807) is 12.3 Å². The highest BCUT2D eigenvalue weighted by atomic mass is 19.1. The molecule has 5 heteroatoms. The van der Waals surface area contributed by atoms with Crippen molar-refractivity contribution >= 4 is 16.9 Å². The second-order valence-corrected chi connectivity index (χ2v) is 7.70. The minimum atomic E-state index is -0.282. The van der Waals surface area contributed by atoms with E-state index in [1.165, 1.54) is 12.1 Å². The Bertz CT molecular complexity index is 1390. The lowest BCUT2D eigenvalue weighted by molar-refractivity contribution is 0.624. The fourth-order valence-electron chi connectivity index (χ4n) is 3.82. The minimum absolute atomic E-state index is 0.276. The average Bonchev–Trinajstić information content (AvgIpc) is 2.82. The average molecular weight is 420 g/mol. The first kappa shape index (κ1) is 19.8. The van der Waals surface area contributed by atoms with Crippen LogP contribution >= 0.6 is 0 Å². The zero-order valence-corrected chi connectivity index (χ0v) is 17.5.